The molecule has 2 rings (SSSR count). The molecule has 0 radical (unpaired) electrons. The van der Waals surface area contributed by atoms with Crippen LogP contribution in [-0.2, 0) is 10.0 Å². The van der Waals surface area contributed by atoms with Crippen molar-refractivity contribution in [2.45, 2.75) is 31.1 Å². The second kappa shape index (κ2) is 4.48. The SMILES string of the molecule is CC1(C)CNCCN(C2CCSC2)S1(=O)=O. The monoisotopic (exact) mass is 264 g/mol. The lowest BCUT2D eigenvalue weighted by Gasteiger charge is -2.32. The molecule has 0 bridgehead atoms. The van der Waals surface area contributed by atoms with Gasteiger partial charge >= 0.3 is 0 Å². The molecule has 2 aliphatic rings. The number of nitrogens with one attached hydrogen (secondary N) is 1. The summed E-state index contributed by atoms with van der Waals surface area (Å²) in [5, 5.41) is 3.22. The second-order valence-corrected chi connectivity index (χ2v) is 8.74. The molecule has 1 atom stereocenters. The fourth-order valence-electron chi connectivity index (χ4n) is 2.24. The molecule has 6 heteroatoms. The van der Waals surface area contributed by atoms with E-state index in [0.29, 0.717) is 13.1 Å². The van der Waals surface area contributed by atoms with Gasteiger partial charge in [0, 0.05) is 31.4 Å². The van der Waals surface area contributed by atoms with Gasteiger partial charge in [-0.2, -0.15) is 16.1 Å². The van der Waals surface area contributed by atoms with Gasteiger partial charge in [-0.3, -0.25) is 0 Å². The quantitative estimate of drug-likeness (QED) is 0.749. The molecule has 2 heterocycles. The van der Waals surface area contributed by atoms with Gasteiger partial charge in [0.1, 0.15) is 0 Å². The molecule has 1 N–H and O–H groups in total. The van der Waals surface area contributed by atoms with Crippen LogP contribution >= 0.6 is 11.8 Å². The lowest BCUT2D eigenvalue weighted by atomic mass is 10.2. The van der Waals surface area contributed by atoms with Gasteiger partial charge in [-0.05, 0) is 26.0 Å². The van der Waals surface area contributed by atoms with Gasteiger partial charge in [0.25, 0.3) is 0 Å². The van der Waals surface area contributed by atoms with Crippen molar-refractivity contribution in [3.05, 3.63) is 0 Å². The summed E-state index contributed by atoms with van der Waals surface area (Å²) in [7, 11) is -3.16. The third kappa shape index (κ3) is 2.12. The summed E-state index contributed by atoms with van der Waals surface area (Å²) in [5.74, 6) is 2.04. The van der Waals surface area contributed by atoms with Crippen molar-refractivity contribution in [3.8, 4) is 0 Å². The van der Waals surface area contributed by atoms with Crippen LogP contribution in [0.1, 0.15) is 20.3 Å². The lowest BCUT2D eigenvalue weighted by Crippen LogP contribution is -2.50. The molecular formula is C10H20N2O2S2. The van der Waals surface area contributed by atoms with Gasteiger partial charge in [-0.1, -0.05) is 0 Å². The minimum absolute atomic E-state index is 0.217. The fourth-order valence-corrected chi connectivity index (χ4v) is 5.38. The average Bonchev–Trinajstić information content (AvgIpc) is 2.66. The number of sulfonamides is 1. The minimum Gasteiger partial charge on any atom is -0.314 e. The van der Waals surface area contributed by atoms with Crippen molar-refractivity contribution in [2.24, 2.45) is 0 Å². The Morgan fingerprint density at radius 1 is 1.44 bits per heavy atom. The molecule has 0 saturated carbocycles. The molecule has 2 aliphatic heterocycles. The molecule has 0 aliphatic carbocycles. The van der Waals surface area contributed by atoms with Crippen LogP contribution in [-0.4, -0.2) is 54.7 Å². The summed E-state index contributed by atoms with van der Waals surface area (Å²) in [4.78, 5) is 0. The zero-order valence-corrected chi connectivity index (χ0v) is 11.5. The first-order valence-corrected chi connectivity index (χ1v) is 8.34. The highest BCUT2D eigenvalue weighted by atomic mass is 32.2. The van der Waals surface area contributed by atoms with Crippen LogP contribution in [0.3, 0.4) is 0 Å². The van der Waals surface area contributed by atoms with E-state index in [1.165, 1.54) is 0 Å². The predicted molar refractivity (Wildman–Crippen MR) is 68.3 cm³/mol. The van der Waals surface area contributed by atoms with Gasteiger partial charge in [0.15, 0.2) is 0 Å². The van der Waals surface area contributed by atoms with E-state index in [1.54, 1.807) is 4.31 Å². The van der Waals surface area contributed by atoms with E-state index in [4.69, 9.17) is 0 Å². The maximum atomic E-state index is 12.5. The van der Waals surface area contributed by atoms with Crippen LogP contribution in [0, 0.1) is 0 Å². The lowest BCUT2D eigenvalue weighted by molar-refractivity contribution is 0.343. The van der Waals surface area contributed by atoms with Gasteiger partial charge in [-0.15, -0.1) is 0 Å². The van der Waals surface area contributed by atoms with E-state index in [1.807, 2.05) is 25.6 Å². The molecule has 0 aromatic heterocycles. The number of hydrogen-bond donors (Lipinski definition) is 1. The van der Waals surface area contributed by atoms with E-state index < -0.39 is 14.8 Å². The fraction of sp³-hybridized carbons (Fsp3) is 1.00. The topological polar surface area (TPSA) is 49.4 Å². The Hall–Kier alpha value is 0.220. The largest absolute Gasteiger partial charge is 0.314 e. The third-order valence-electron chi connectivity index (χ3n) is 3.38. The predicted octanol–water partition coefficient (Wildman–Crippen LogP) is 0.506. The Morgan fingerprint density at radius 3 is 2.81 bits per heavy atom. The van der Waals surface area contributed by atoms with Crippen LogP contribution in [0.2, 0.25) is 0 Å². The average molecular weight is 264 g/mol. The maximum Gasteiger partial charge on any atom is 0.220 e. The summed E-state index contributed by atoms with van der Waals surface area (Å²) in [5.41, 5.74) is 0. The number of thioether (sulfide) groups is 1. The van der Waals surface area contributed by atoms with E-state index >= 15 is 0 Å². The smallest absolute Gasteiger partial charge is 0.220 e. The van der Waals surface area contributed by atoms with Crippen molar-refractivity contribution >= 4 is 21.8 Å². The van der Waals surface area contributed by atoms with Gasteiger partial charge < -0.3 is 5.32 Å². The zero-order chi connectivity index (χ0) is 11.8. The van der Waals surface area contributed by atoms with Crippen LogP contribution in [0.5, 0.6) is 0 Å². The Bertz CT molecular complexity index is 348. The van der Waals surface area contributed by atoms with E-state index in [2.05, 4.69) is 5.32 Å². The minimum atomic E-state index is -3.16. The van der Waals surface area contributed by atoms with Crippen molar-refractivity contribution < 1.29 is 8.42 Å². The second-order valence-electron chi connectivity index (χ2n) is 5.07. The van der Waals surface area contributed by atoms with Gasteiger partial charge in [0.2, 0.25) is 10.0 Å². The van der Waals surface area contributed by atoms with Crippen molar-refractivity contribution in [1.82, 2.24) is 9.62 Å². The van der Waals surface area contributed by atoms with E-state index in [9.17, 15) is 8.42 Å². The molecule has 0 aromatic rings. The maximum absolute atomic E-state index is 12.5. The first kappa shape index (κ1) is 12.7. The Labute approximate surface area is 102 Å². The Kier molecular flexibility index (Phi) is 3.55. The Balaban J connectivity index is 2.28. The molecule has 1 unspecified atom stereocenters. The first-order valence-electron chi connectivity index (χ1n) is 5.75. The van der Waals surface area contributed by atoms with Crippen LogP contribution in [0.15, 0.2) is 0 Å². The van der Waals surface area contributed by atoms with E-state index in [-0.39, 0.29) is 6.04 Å². The van der Waals surface area contributed by atoms with Crippen molar-refractivity contribution in [2.75, 3.05) is 31.1 Å². The van der Waals surface area contributed by atoms with E-state index in [0.717, 1.165) is 24.5 Å². The standard InChI is InChI=1S/C10H20N2O2S2/c1-10(2)8-11-4-5-12(16(10,13)14)9-3-6-15-7-9/h9,11H,3-8H2,1-2H3. The number of nitrogens with zero attached hydrogens (tertiary/aromatic N) is 1. The summed E-state index contributed by atoms with van der Waals surface area (Å²) < 4.78 is 26.1. The summed E-state index contributed by atoms with van der Waals surface area (Å²) >= 11 is 1.86. The molecule has 4 nitrogen and oxygen atoms in total. The molecule has 0 aromatic carbocycles. The van der Waals surface area contributed by atoms with Crippen LogP contribution < -0.4 is 5.32 Å². The van der Waals surface area contributed by atoms with Crippen LogP contribution in [0.4, 0.5) is 0 Å². The summed E-state index contributed by atoms with van der Waals surface area (Å²) in [6, 6.07) is 0.217. The van der Waals surface area contributed by atoms with Crippen molar-refractivity contribution in [1.29, 1.82) is 0 Å². The zero-order valence-electron chi connectivity index (χ0n) is 9.90. The van der Waals surface area contributed by atoms with Gasteiger partial charge in [0.05, 0.1) is 4.75 Å². The normalized spacial score (nSPS) is 34.8. The number of hydrogen-bond acceptors (Lipinski definition) is 4. The number of rotatable bonds is 1. The van der Waals surface area contributed by atoms with Gasteiger partial charge in [-0.25, -0.2) is 8.42 Å². The third-order valence-corrected chi connectivity index (χ3v) is 7.16. The first-order chi connectivity index (χ1) is 7.45. The highest BCUT2D eigenvalue weighted by molar-refractivity contribution is 7.99. The highest BCUT2D eigenvalue weighted by Gasteiger charge is 2.44. The summed E-state index contributed by atoms with van der Waals surface area (Å²) in [6.07, 6.45) is 1.000. The highest BCUT2D eigenvalue weighted by Crippen LogP contribution is 2.30. The molecule has 2 saturated heterocycles. The summed E-state index contributed by atoms with van der Waals surface area (Å²) in [6.45, 7) is 5.57. The molecule has 0 amide bonds. The molecule has 94 valence electrons. The van der Waals surface area contributed by atoms with Crippen molar-refractivity contribution in [3.63, 3.8) is 0 Å². The molecule has 2 fully saturated rings. The molecule has 0 spiro atoms. The molecular weight excluding hydrogens is 244 g/mol. The van der Waals surface area contributed by atoms with Crippen LogP contribution in [0.25, 0.3) is 0 Å². The molecule has 16 heavy (non-hydrogen) atoms. The Morgan fingerprint density at radius 2 is 2.19 bits per heavy atom.